The van der Waals surface area contributed by atoms with E-state index in [1.54, 1.807) is 6.92 Å². The molecule has 0 saturated carbocycles. The average Bonchev–Trinajstić information content (AvgIpc) is 2.56. The third-order valence-corrected chi connectivity index (χ3v) is 4.24. The van der Waals surface area contributed by atoms with Crippen molar-refractivity contribution in [3.63, 3.8) is 0 Å². The minimum atomic E-state index is -0.334. The first-order valence-electron chi connectivity index (χ1n) is 8.34. The molecule has 2 amide bonds. The van der Waals surface area contributed by atoms with Crippen molar-refractivity contribution in [3.05, 3.63) is 29.8 Å². The molecular weight excluding hydrogens is 340 g/mol. The number of nitrogens with one attached hydrogen (secondary N) is 1. The van der Waals surface area contributed by atoms with E-state index in [0.29, 0.717) is 13.2 Å². The molecule has 0 atom stereocenters. The number of hydrogen-bond donors (Lipinski definition) is 1. The van der Waals surface area contributed by atoms with E-state index >= 15 is 0 Å². The van der Waals surface area contributed by atoms with Gasteiger partial charge in [-0.2, -0.15) is 0 Å². The summed E-state index contributed by atoms with van der Waals surface area (Å²) in [5, 5.41) is 2.83. The number of esters is 1. The van der Waals surface area contributed by atoms with E-state index in [1.807, 2.05) is 38.1 Å². The molecule has 0 saturated heterocycles. The minimum Gasteiger partial charge on any atom is -0.465 e. The van der Waals surface area contributed by atoms with Crippen LogP contribution in [-0.4, -0.2) is 53.9 Å². The summed E-state index contributed by atoms with van der Waals surface area (Å²) in [6.07, 6.45) is 0.756. The number of benzene rings is 1. The normalized spacial score (nSPS) is 10.2. The van der Waals surface area contributed by atoms with Crippen LogP contribution in [0.15, 0.2) is 24.3 Å². The Hall–Kier alpha value is -2.02. The number of rotatable bonds is 10. The van der Waals surface area contributed by atoms with Crippen LogP contribution in [0.2, 0.25) is 0 Å². The number of anilines is 1. The summed E-state index contributed by atoms with van der Waals surface area (Å²) in [7, 11) is 0. The Bertz CT molecular complexity index is 592. The first kappa shape index (κ1) is 21.0. The highest BCUT2D eigenvalue weighted by molar-refractivity contribution is 8.00. The molecule has 1 aromatic carbocycles. The van der Waals surface area contributed by atoms with Crippen LogP contribution in [0.1, 0.15) is 25.8 Å². The third kappa shape index (κ3) is 8.07. The SMILES string of the molecule is CCCN(CC(=O)Nc1ccccc1C)C(=O)CSCC(=O)OCC. The molecule has 0 aliphatic heterocycles. The minimum absolute atomic E-state index is 0.000966. The van der Waals surface area contributed by atoms with Gasteiger partial charge in [0.2, 0.25) is 11.8 Å². The Morgan fingerprint density at radius 2 is 1.88 bits per heavy atom. The number of carbonyl (C=O) groups excluding carboxylic acids is 3. The predicted octanol–water partition coefficient (Wildman–Crippen LogP) is 2.47. The molecule has 1 rings (SSSR count). The lowest BCUT2D eigenvalue weighted by molar-refractivity contribution is -0.139. The maximum absolute atomic E-state index is 12.3. The Morgan fingerprint density at radius 1 is 1.16 bits per heavy atom. The molecule has 6 nitrogen and oxygen atoms in total. The van der Waals surface area contributed by atoms with E-state index < -0.39 is 0 Å². The zero-order valence-corrected chi connectivity index (χ0v) is 15.9. The largest absolute Gasteiger partial charge is 0.465 e. The van der Waals surface area contributed by atoms with Crippen molar-refractivity contribution in [3.8, 4) is 0 Å². The van der Waals surface area contributed by atoms with Gasteiger partial charge in [0.25, 0.3) is 0 Å². The van der Waals surface area contributed by atoms with Gasteiger partial charge >= 0.3 is 5.97 Å². The first-order chi connectivity index (χ1) is 12.0. The molecule has 0 radical (unpaired) electrons. The maximum Gasteiger partial charge on any atom is 0.315 e. The standard InChI is InChI=1S/C18H26N2O4S/c1-4-10-20(17(22)12-25-13-18(23)24-5-2)11-16(21)19-15-9-7-6-8-14(15)3/h6-9H,4-5,10-13H2,1-3H3,(H,19,21). The Labute approximate surface area is 153 Å². The zero-order valence-electron chi connectivity index (χ0n) is 15.0. The van der Waals surface area contributed by atoms with E-state index in [1.165, 1.54) is 16.7 Å². The molecule has 25 heavy (non-hydrogen) atoms. The van der Waals surface area contributed by atoms with Gasteiger partial charge in [0, 0.05) is 12.2 Å². The number of nitrogens with zero attached hydrogens (tertiary/aromatic N) is 1. The van der Waals surface area contributed by atoms with Crippen LogP contribution in [0.4, 0.5) is 5.69 Å². The monoisotopic (exact) mass is 366 g/mol. The highest BCUT2D eigenvalue weighted by Crippen LogP contribution is 2.13. The fourth-order valence-corrected chi connectivity index (χ4v) is 2.86. The molecule has 0 aliphatic carbocycles. The quantitative estimate of drug-likeness (QED) is 0.644. The van der Waals surface area contributed by atoms with E-state index in [0.717, 1.165) is 17.7 Å². The van der Waals surface area contributed by atoms with Gasteiger partial charge in [0.15, 0.2) is 0 Å². The summed E-state index contributed by atoms with van der Waals surface area (Å²) in [6, 6.07) is 7.49. The van der Waals surface area contributed by atoms with Crippen molar-refractivity contribution in [1.82, 2.24) is 4.90 Å². The molecule has 0 fully saturated rings. The van der Waals surface area contributed by atoms with Crippen molar-refractivity contribution in [2.45, 2.75) is 27.2 Å². The predicted molar refractivity (Wildman–Crippen MR) is 101 cm³/mol. The summed E-state index contributed by atoms with van der Waals surface area (Å²) in [5.41, 5.74) is 1.71. The van der Waals surface area contributed by atoms with E-state index in [2.05, 4.69) is 5.32 Å². The molecular formula is C18H26N2O4S. The lowest BCUT2D eigenvalue weighted by Crippen LogP contribution is -2.39. The van der Waals surface area contributed by atoms with Gasteiger partial charge in [-0.25, -0.2) is 0 Å². The second-order valence-corrected chi connectivity index (χ2v) is 6.46. The van der Waals surface area contributed by atoms with E-state index in [9.17, 15) is 14.4 Å². The smallest absolute Gasteiger partial charge is 0.315 e. The molecule has 0 unspecified atom stereocenters. The fraction of sp³-hybridized carbons (Fsp3) is 0.500. The van der Waals surface area contributed by atoms with Crippen molar-refractivity contribution >= 4 is 35.2 Å². The summed E-state index contributed by atoms with van der Waals surface area (Å²) >= 11 is 1.20. The summed E-state index contributed by atoms with van der Waals surface area (Å²) < 4.78 is 4.83. The average molecular weight is 366 g/mol. The van der Waals surface area contributed by atoms with Crippen molar-refractivity contribution < 1.29 is 19.1 Å². The van der Waals surface area contributed by atoms with Crippen LogP contribution in [0.25, 0.3) is 0 Å². The van der Waals surface area contributed by atoms with Gasteiger partial charge in [0.1, 0.15) is 0 Å². The number of amides is 2. The molecule has 138 valence electrons. The van der Waals surface area contributed by atoms with E-state index in [4.69, 9.17) is 4.74 Å². The van der Waals surface area contributed by atoms with Crippen molar-refractivity contribution in [1.29, 1.82) is 0 Å². The van der Waals surface area contributed by atoms with Crippen molar-refractivity contribution in [2.75, 3.05) is 36.5 Å². The second-order valence-electron chi connectivity index (χ2n) is 5.48. The van der Waals surface area contributed by atoms with Gasteiger partial charge in [-0.1, -0.05) is 25.1 Å². The van der Waals surface area contributed by atoms with Crippen molar-refractivity contribution in [2.24, 2.45) is 0 Å². The molecule has 1 aromatic rings. The zero-order chi connectivity index (χ0) is 18.7. The van der Waals surface area contributed by atoms with Gasteiger partial charge in [-0.15, -0.1) is 11.8 Å². The van der Waals surface area contributed by atoms with Crippen LogP contribution < -0.4 is 5.32 Å². The summed E-state index contributed by atoms with van der Waals surface area (Å²) in [4.78, 5) is 37.4. The third-order valence-electron chi connectivity index (χ3n) is 3.35. The van der Waals surface area contributed by atoms with Crippen LogP contribution in [0.3, 0.4) is 0 Å². The van der Waals surface area contributed by atoms with Gasteiger partial charge in [-0.05, 0) is 31.9 Å². The van der Waals surface area contributed by atoms with Crippen LogP contribution in [0, 0.1) is 6.92 Å². The lowest BCUT2D eigenvalue weighted by atomic mass is 10.2. The fourth-order valence-electron chi connectivity index (χ4n) is 2.15. The molecule has 0 heterocycles. The number of ether oxygens (including phenoxy) is 1. The number of aryl methyl sites for hydroxylation is 1. The van der Waals surface area contributed by atoms with Gasteiger partial charge in [-0.3, -0.25) is 14.4 Å². The topological polar surface area (TPSA) is 75.7 Å². The second kappa shape index (κ2) is 11.5. The van der Waals surface area contributed by atoms with Gasteiger partial charge < -0.3 is 15.0 Å². The molecule has 0 bridgehead atoms. The van der Waals surface area contributed by atoms with Crippen LogP contribution >= 0.6 is 11.8 Å². The molecule has 7 heteroatoms. The number of para-hydroxylation sites is 1. The number of thioether (sulfide) groups is 1. The molecule has 0 aromatic heterocycles. The Kier molecular flexibility index (Phi) is 9.69. The molecule has 0 spiro atoms. The number of carbonyl (C=O) groups is 3. The highest BCUT2D eigenvalue weighted by atomic mass is 32.2. The molecule has 1 N–H and O–H groups in total. The Balaban J connectivity index is 2.51. The van der Waals surface area contributed by atoms with E-state index in [-0.39, 0.29) is 35.8 Å². The molecule has 0 aliphatic rings. The summed E-state index contributed by atoms with van der Waals surface area (Å²) in [6.45, 7) is 6.43. The van der Waals surface area contributed by atoms with Gasteiger partial charge in [0.05, 0.1) is 24.7 Å². The van der Waals surface area contributed by atoms with Crippen LogP contribution in [-0.2, 0) is 19.1 Å². The lowest BCUT2D eigenvalue weighted by Gasteiger charge is -2.21. The number of hydrogen-bond acceptors (Lipinski definition) is 5. The Morgan fingerprint density at radius 3 is 2.52 bits per heavy atom. The first-order valence-corrected chi connectivity index (χ1v) is 9.50. The van der Waals surface area contributed by atoms with Crippen LogP contribution in [0.5, 0.6) is 0 Å². The summed E-state index contributed by atoms with van der Waals surface area (Å²) in [5.74, 6) is -0.437. The maximum atomic E-state index is 12.3. The highest BCUT2D eigenvalue weighted by Gasteiger charge is 2.17.